The average molecular weight is 442 g/mol. The number of H-pyrrole nitrogens is 1. The summed E-state index contributed by atoms with van der Waals surface area (Å²) in [4.78, 5) is 14.8. The minimum atomic E-state index is 0.142. The van der Waals surface area contributed by atoms with E-state index in [9.17, 15) is 0 Å². The van der Waals surface area contributed by atoms with Crippen LogP contribution in [0.15, 0.2) is 55.0 Å². The number of benzene rings is 2. The molecule has 0 saturated carbocycles. The summed E-state index contributed by atoms with van der Waals surface area (Å²) in [5.41, 5.74) is 6.28. The van der Waals surface area contributed by atoms with Crippen LogP contribution in [0.25, 0.3) is 33.3 Å². The molecule has 168 valence electrons. The van der Waals surface area contributed by atoms with Crippen LogP contribution in [0.1, 0.15) is 12.8 Å². The molecular formula is C26H27N5O2. The first-order chi connectivity index (χ1) is 16.2. The topological polar surface area (TPSA) is 75.3 Å². The van der Waals surface area contributed by atoms with Gasteiger partial charge in [0.25, 0.3) is 0 Å². The number of fused-ring (bicyclic) bond motifs is 2. The second kappa shape index (κ2) is 8.41. The quantitative estimate of drug-likeness (QED) is 0.493. The van der Waals surface area contributed by atoms with Gasteiger partial charge in [-0.3, -0.25) is 4.98 Å². The third-order valence-electron chi connectivity index (χ3n) is 6.50. The van der Waals surface area contributed by atoms with Gasteiger partial charge in [-0.1, -0.05) is 12.1 Å². The molecule has 7 nitrogen and oxygen atoms in total. The Hall–Kier alpha value is -3.58. The zero-order valence-electron chi connectivity index (χ0n) is 18.7. The maximum atomic E-state index is 6.10. The Balaban J connectivity index is 1.34. The number of hydrogen-bond donors (Lipinski definition) is 2. The summed E-state index contributed by atoms with van der Waals surface area (Å²) in [5, 5.41) is 4.48. The summed E-state index contributed by atoms with van der Waals surface area (Å²) < 4.78 is 12.0. The summed E-state index contributed by atoms with van der Waals surface area (Å²) in [5.74, 6) is 1.51. The molecule has 33 heavy (non-hydrogen) atoms. The van der Waals surface area contributed by atoms with E-state index in [0.29, 0.717) is 12.5 Å². The number of aromatic nitrogens is 3. The molecule has 1 saturated heterocycles. The second-order valence-corrected chi connectivity index (χ2v) is 8.74. The molecule has 0 spiro atoms. The standard InChI is InChI=1S/C26H27N5O2/c1-31-9-10-32-25-12-18(5-7-24(25)31)17-4-6-22-20(11-17)21(14-29-22)23-15-28-16-26(30-23)33-19-3-2-8-27-13-19/h4-7,11-12,14-16,19,27,29H,2-3,8-10,13H2,1H3/t19-/m1/s1. The normalized spacial score (nSPS) is 18.1. The van der Waals surface area contributed by atoms with Crippen LogP contribution in [0.2, 0.25) is 0 Å². The summed E-state index contributed by atoms with van der Waals surface area (Å²) in [6, 6.07) is 12.9. The molecule has 2 aromatic carbocycles. The zero-order valence-corrected chi connectivity index (χ0v) is 18.7. The van der Waals surface area contributed by atoms with E-state index in [4.69, 9.17) is 14.5 Å². The molecule has 0 aliphatic carbocycles. The minimum absolute atomic E-state index is 0.142. The zero-order chi connectivity index (χ0) is 22.2. The first kappa shape index (κ1) is 20.1. The lowest BCUT2D eigenvalue weighted by molar-refractivity contribution is 0.160. The molecule has 6 rings (SSSR count). The van der Waals surface area contributed by atoms with Crippen molar-refractivity contribution in [3.63, 3.8) is 0 Å². The fraction of sp³-hybridized carbons (Fsp3) is 0.308. The number of hydrogen-bond acceptors (Lipinski definition) is 6. The molecule has 4 heterocycles. The van der Waals surface area contributed by atoms with Crippen molar-refractivity contribution in [1.82, 2.24) is 20.3 Å². The molecule has 0 radical (unpaired) electrons. The highest BCUT2D eigenvalue weighted by Gasteiger charge is 2.18. The number of nitrogens with zero attached hydrogens (tertiary/aromatic N) is 3. The van der Waals surface area contributed by atoms with E-state index in [0.717, 1.165) is 77.2 Å². The number of rotatable bonds is 4. The highest BCUT2D eigenvalue weighted by Crippen LogP contribution is 2.37. The lowest BCUT2D eigenvalue weighted by Gasteiger charge is -2.28. The van der Waals surface area contributed by atoms with Crippen LogP contribution < -0.4 is 19.7 Å². The van der Waals surface area contributed by atoms with Crippen molar-refractivity contribution in [3.8, 4) is 34.0 Å². The van der Waals surface area contributed by atoms with Gasteiger partial charge >= 0.3 is 0 Å². The number of likely N-dealkylation sites (N-methyl/N-ethyl adjacent to an activating group) is 1. The van der Waals surface area contributed by atoms with E-state index in [1.54, 1.807) is 12.4 Å². The van der Waals surface area contributed by atoms with Crippen molar-refractivity contribution in [2.75, 3.05) is 38.2 Å². The largest absolute Gasteiger partial charge is 0.490 e. The van der Waals surface area contributed by atoms with Gasteiger partial charge in [-0.2, -0.15) is 0 Å². The fourth-order valence-corrected chi connectivity index (χ4v) is 4.68. The van der Waals surface area contributed by atoms with E-state index < -0.39 is 0 Å². The van der Waals surface area contributed by atoms with Gasteiger partial charge in [0.15, 0.2) is 0 Å². The Morgan fingerprint density at radius 1 is 1.12 bits per heavy atom. The van der Waals surface area contributed by atoms with E-state index in [2.05, 4.69) is 63.6 Å². The van der Waals surface area contributed by atoms with Crippen molar-refractivity contribution < 1.29 is 9.47 Å². The molecule has 0 unspecified atom stereocenters. The first-order valence-corrected chi connectivity index (χ1v) is 11.5. The summed E-state index contributed by atoms with van der Waals surface area (Å²) in [6.45, 7) is 3.52. The third kappa shape index (κ3) is 3.89. The molecule has 0 bridgehead atoms. The smallest absolute Gasteiger partial charge is 0.233 e. The van der Waals surface area contributed by atoms with Crippen LogP contribution in [0.5, 0.6) is 11.6 Å². The van der Waals surface area contributed by atoms with Crippen molar-refractivity contribution in [2.45, 2.75) is 18.9 Å². The van der Waals surface area contributed by atoms with Crippen LogP contribution in [-0.2, 0) is 0 Å². The Labute approximate surface area is 192 Å². The fourth-order valence-electron chi connectivity index (χ4n) is 4.68. The number of anilines is 1. The van der Waals surface area contributed by atoms with Crippen LogP contribution in [0.3, 0.4) is 0 Å². The van der Waals surface area contributed by atoms with Gasteiger partial charge in [0.05, 0.1) is 30.3 Å². The molecule has 1 fully saturated rings. The highest BCUT2D eigenvalue weighted by molar-refractivity contribution is 5.97. The Kier molecular flexibility index (Phi) is 5.11. The van der Waals surface area contributed by atoms with Crippen LogP contribution in [0.4, 0.5) is 5.69 Å². The summed E-state index contributed by atoms with van der Waals surface area (Å²) in [7, 11) is 2.10. The molecule has 4 aromatic rings. The highest BCUT2D eigenvalue weighted by atomic mass is 16.5. The summed E-state index contributed by atoms with van der Waals surface area (Å²) >= 11 is 0. The number of aromatic amines is 1. The Bertz CT molecular complexity index is 1300. The van der Waals surface area contributed by atoms with Gasteiger partial charge in [-0.25, -0.2) is 4.98 Å². The van der Waals surface area contributed by atoms with Crippen molar-refractivity contribution >= 4 is 16.6 Å². The van der Waals surface area contributed by atoms with Crippen LogP contribution >= 0.6 is 0 Å². The van der Waals surface area contributed by atoms with E-state index >= 15 is 0 Å². The van der Waals surface area contributed by atoms with Crippen molar-refractivity contribution in [2.24, 2.45) is 0 Å². The van der Waals surface area contributed by atoms with E-state index in [-0.39, 0.29) is 6.10 Å². The minimum Gasteiger partial charge on any atom is -0.490 e. The maximum absolute atomic E-state index is 6.10. The lowest BCUT2D eigenvalue weighted by atomic mass is 10.0. The molecule has 2 aliphatic rings. The third-order valence-corrected chi connectivity index (χ3v) is 6.50. The molecule has 7 heteroatoms. The molecule has 1 atom stereocenters. The first-order valence-electron chi connectivity index (χ1n) is 11.5. The van der Waals surface area contributed by atoms with E-state index in [1.807, 2.05) is 6.20 Å². The van der Waals surface area contributed by atoms with E-state index in [1.165, 1.54) is 0 Å². The lowest BCUT2D eigenvalue weighted by Crippen LogP contribution is -2.37. The number of nitrogens with one attached hydrogen (secondary N) is 2. The molecule has 0 amide bonds. The van der Waals surface area contributed by atoms with Crippen molar-refractivity contribution in [1.29, 1.82) is 0 Å². The maximum Gasteiger partial charge on any atom is 0.233 e. The van der Waals surface area contributed by atoms with Crippen LogP contribution in [0, 0.1) is 0 Å². The molecule has 2 aromatic heterocycles. The average Bonchev–Trinajstić information content (AvgIpc) is 3.28. The van der Waals surface area contributed by atoms with Gasteiger partial charge in [0, 0.05) is 36.3 Å². The van der Waals surface area contributed by atoms with Gasteiger partial charge in [-0.05, 0) is 54.8 Å². The number of ether oxygens (including phenoxy) is 2. The number of piperidine rings is 1. The Morgan fingerprint density at radius 2 is 2.03 bits per heavy atom. The van der Waals surface area contributed by atoms with Crippen LogP contribution in [-0.4, -0.2) is 54.3 Å². The monoisotopic (exact) mass is 441 g/mol. The molecule has 2 aliphatic heterocycles. The SMILES string of the molecule is CN1CCOc2cc(-c3ccc4[nH]cc(-c5cncc(O[C@@H]6CCCNC6)n5)c4c3)ccc21. The van der Waals surface area contributed by atoms with Crippen molar-refractivity contribution in [3.05, 3.63) is 55.0 Å². The van der Waals surface area contributed by atoms with Gasteiger partial charge in [0.1, 0.15) is 18.5 Å². The molecular weight excluding hydrogens is 414 g/mol. The Morgan fingerprint density at radius 3 is 2.94 bits per heavy atom. The predicted octanol–water partition coefficient (Wildman–Crippen LogP) is 4.25. The predicted molar refractivity (Wildman–Crippen MR) is 130 cm³/mol. The second-order valence-electron chi connectivity index (χ2n) is 8.74. The van der Waals surface area contributed by atoms with Gasteiger partial charge in [-0.15, -0.1) is 0 Å². The summed E-state index contributed by atoms with van der Waals surface area (Å²) in [6.07, 6.45) is 7.79. The van der Waals surface area contributed by atoms with Gasteiger partial charge in [0.2, 0.25) is 5.88 Å². The van der Waals surface area contributed by atoms with Gasteiger partial charge < -0.3 is 24.7 Å². The molecule has 2 N–H and O–H groups in total.